The molecule has 21 heavy (non-hydrogen) atoms. The Morgan fingerprint density at radius 2 is 1.95 bits per heavy atom. The highest BCUT2D eigenvalue weighted by Gasteiger charge is 2.06. The van der Waals surface area contributed by atoms with Crippen LogP contribution >= 0.6 is 0 Å². The van der Waals surface area contributed by atoms with Crippen LogP contribution in [-0.2, 0) is 4.79 Å². The zero-order valence-corrected chi connectivity index (χ0v) is 11.7. The van der Waals surface area contributed by atoms with Crippen molar-refractivity contribution in [3.8, 4) is 5.69 Å². The zero-order valence-electron chi connectivity index (χ0n) is 11.7. The van der Waals surface area contributed by atoms with Gasteiger partial charge in [0, 0.05) is 24.7 Å². The number of rotatable bonds is 6. The summed E-state index contributed by atoms with van der Waals surface area (Å²) in [6.45, 7) is 2.26. The van der Waals surface area contributed by atoms with Crippen LogP contribution in [0.2, 0.25) is 0 Å². The lowest BCUT2D eigenvalue weighted by Gasteiger charge is -2.06. The Balaban J connectivity index is 1.92. The predicted molar refractivity (Wildman–Crippen MR) is 77.5 cm³/mol. The van der Waals surface area contributed by atoms with Crippen LogP contribution in [0.1, 0.15) is 28.9 Å². The van der Waals surface area contributed by atoms with Crippen LogP contribution in [0.25, 0.3) is 5.69 Å². The Morgan fingerprint density at radius 1 is 1.24 bits per heavy atom. The molecule has 0 aliphatic carbocycles. The van der Waals surface area contributed by atoms with Crippen molar-refractivity contribution in [3.05, 3.63) is 47.8 Å². The average Bonchev–Trinajstić information content (AvgIpc) is 2.90. The highest BCUT2D eigenvalue weighted by atomic mass is 16.4. The number of carbonyl (C=O) groups excluding carboxylic acids is 1. The van der Waals surface area contributed by atoms with Gasteiger partial charge in [-0.25, -0.2) is 4.68 Å². The molecule has 2 N–H and O–H groups in total. The fourth-order valence-corrected chi connectivity index (χ4v) is 1.87. The molecule has 2 aromatic rings. The number of aryl methyl sites for hydroxylation is 1. The molecule has 6 nitrogen and oxygen atoms in total. The number of carboxylic acid groups (broad SMARTS) is 1. The van der Waals surface area contributed by atoms with E-state index in [2.05, 4.69) is 10.4 Å². The zero-order chi connectivity index (χ0) is 15.2. The second kappa shape index (κ2) is 6.69. The van der Waals surface area contributed by atoms with Gasteiger partial charge in [-0.05, 0) is 43.7 Å². The molecule has 1 heterocycles. The van der Waals surface area contributed by atoms with Crippen molar-refractivity contribution in [1.29, 1.82) is 0 Å². The molecule has 0 aliphatic heterocycles. The van der Waals surface area contributed by atoms with Gasteiger partial charge < -0.3 is 10.4 Å². The number of carbonyl (C=O) groups is 2. The quantitative estimate of drug-likeness (QED) is 0.793. The first-order valence-corrected chi connectivity index (χ1v) is 6.69. The SMILES string of the molecule is Cc1ccn(-c2ccc(C(=O)NCCCC(=O)O)cc2)n1. The lowest BCUT2D eigenvalue weighted by atomic mass is 10.2. The van der Waals surface area contributed by atoms with Crippen LogP contribution in [-0.4, -0.2) is 33.3 Å². The topological polar surface area (TPSA) is 84.2 Å². The molecule has 6 heteroatoms. The van der Waals surface area contributed by atoms with Gasteiger partial charge in [0.25, 0.3) is 5.91 Å². The van der Waals surface area contributed by atoms with Gasteiger partial charge in [0.1, 0.15) is 0 Å². The van der Waals surface area contributed by atoms with Gasteiger partial charge >= 0.3 is 5.97 Å². The van der Waals surface area contributed by atoms with E-state index in [9.17, 15) is 9.59 Å². The van der Waals surface area contributed by atoms with E-state index in [1.807, 2.05) is 31.3 Å². The summed E-state index contributed by atoms with van der Waals surface area (Å²) in [6.07, 6.45) is 2.33. The molecule has 0 fully saturated rings. The van der Waals surface area contributed by atoms with Crippen LogP contribution in [0.3, 0.4) is 0 Å². The second-order valence-corrected chi connectivity index (χ2v) is 4.70. The van der Waals surface area contributed by atoms with Gasteiger partial charge in [0.05, 0.1) is 11.4 Å². The molecule has 0 unspecified atom stereocenters. The van der Waals surface area contributed by atoms with E-state index in [-0.39, 0.29) is 12.3 Å². The molecular formula is C15H17N3O3. The van der Waals surface area contributed by atoms with Gasteiger partial charge in [-0.15, -0.1) is 0 Å². The number of aliphatic carboxylic acids is 1. The molecule has 1 aromatic carbocycles. The van der Waals surface area contributed by atoms with Crippen LogP contribution in [0, 0.1) is 6.92 Å². The Hall–Kier alpha value is -2.63. The van der Waals surface area contributed by atoms with E-state index >= 15 is 0 Å². The van der Waals surface area contributed by atoms with E-state index in [1.165, 1.54) is 0 Å². The second-order valence-electron chi connectivity index (χ2n) is 4.70. The minimum atomic E-state index is -0.858. The summed E-state index contributed by atoms with van der Waals surface area (Å²) in [5, 5.41) is 15.5. The van der Waals surface area contributed by atoms with Gasteiger partial charge in [0.15, 0.2) is 0 Å². The van der Waals surface area contributed by atoms with Crippen LogP contribution in [0.15, 0.2) is 36.5 Å². The number of hydrogen-bond acceptors (Lipinski definition) is 3. The molecule has 0 spiro atoms. The third-order valence-corrected chi connectivity index (χ3v) is 2.97. The highest BCUT2D eigenvalue weighted by molar-refractivity contribution is 5.94. The molecule has 0 saturated carbocycles. The lowest BCUT2D eigenvalue weighted by Crippen LogP contribution is -2.24. The van der Waals surface area contributed by atoms with Gasteiger partial charge in [0.2, 0.25) is 0 Å². The van der Waals surface area contributed by atoms with Crippen molar-refractivity contribution < 1.29 is 14.7 Å². The first-order valence-electron chi connectivity index (χ1n) is 6.69. The molecule has 2 rings (SSSR count). The number of amides is 1. The van der Waals surface area contributed by atoms with Gasteiger partial charge in [-0.2, -0.15) is 5.10 Å². The van der Waals surface area contributed by atoms with Gasteiger partial charge in [-0.3, -0.25) is 9.59 Å². The third-order valence-electron chi connectivity index (χ3n) is 2.97. The largest absolute Gasteiger partial charge is 0.481 e. The summed E-state index contributed by atoms with van der Waals surface area (Å²) in [5.74, 6) is -1.06. The number of carboxylic acids is 1. The maximum Gasteiger partial charge on any atom is 0.303 e. The van der Waals surface area contributed by atoms with Crippen molar-refractivity contribution >= 4 is 11.9 Å². The molecule has 110 valence electrons. The normalized spacial score (nSPS) is 10.3. The summed E-state index contributed by atoms with van der Waals surface area (Å²) < 4.78 is 1.74. The van der Waals surface area contributed by atoms with Crippen molar-refractivity contribution in [2.24, 2.45) is 0 Å². The number of nitrogens with one attached hydrogen (secondary N) is 1. The van der Waals surface area contributed by atoms with E-state index in [0.717, 1.165) is 11.4 Å². The Morgan fingerprint density at radius 3 is 2.52 bits per heavy atom. The Labute approximate surface area is 122 Å². The molecule has 0 saturated heterocycles. The fraction of sp³-hybridized carbons (Fsp3) is 0.267. The fourth-order valence-electron chi connectivity index (χ4n) is 1.87. The number of aromatic nitrogens is 2. The Bertz CT molecular complexity index is 632. The number of nitrogens with zero attached hydrogens (tertiary/aromatic N) is 2. The van der Waals surface area contributed by atoms with Gasteiger partial charge in [-0.1, -0.05) is 0 Å². The van der Waals surface area contributed by atoms with E-state index in [1.54, 1.807) is 16.8 Å². The van der Waals surface area contributed by atoms with Crippen molar-refractivity contribution in [3.63, 3.8) is 0 Å². The predicted octanol–water partition coefficient (Wildman–Crippen LogP) is 1.78. The van der Waals surface area contributed by atoms with E-state index < -0.39 is 5.97 Å². The smallest absolute Gasteiger partial charge is 0.303 e. The summed E-state index contributed by atoms with van der Waals surface area (Å²) in [4.78, 5) is 22.2. The van der Waals surface area contributed by atoms with Crippen molar-refractivity contribution in [2.45, 2.75) is 19.8 Å². The molecule has 0 bridgehead atoms. The minimum Gasteiger partial charge on any atom is -0.481 e. The van der Waals surface area contributed by atoms with Crippen LogP contribution in [0.5, 0.6) is 0 Å². The van der Waals surface area contributed by atoms with Crippen LogP contribution in [0.4, 0.5) is 0 Å². The lowest BCUT2D eigenvalue weighted by molar-refractivity contribution is -0.137. The summed E-state index contributed by atoms with van der Waals surface area (Å²) >= 11 is 0. The first kappa shape index (κ1) is 14.8. The highest BCUT2D eigenvalue weighted by Crippen LogP contribution is 2.09. The average molecular weight is 287 g/mol. The summed E-state index contributed by atoms with van der Waals surface area (Å²) in [5.41, 5.74) is 2.35. The monoisotopic (exact) mass is 287 g/mol. The van der Waals surface area contributed by atoms with E-state index in [4.69, 9.17) is 5.11 Å². The Kier molecular flexibility index (Phi) is 4.71. The van der Waals surface area contributed by atoms with Crippen molar-refractivity contribution in [2.75, 3.05) is 6.54 Å². The third kappa shape index (κ3) is 4.17. The minimum absolute atomic E-state index is 0.0534. The van der Waals surface area contributed by atoms with Crippen molar-refractivity contribution in [1.82, 2.24) is 15.1 Å². The molecule has 1 amide bonds. The summed E-state index contributed by atoms with van der Waals surface area (Å²) in [7, 11) is 0. The first-order chi connectivity index (χ1) is 10.1. The van der Waals surface area contributed by atoms with Crippen LogP contribution < -0.4 is 5.32 Å². The maximum absolute atomic E-state index is 11.9. The number of hydrogen-bond donors (Lipinski definition) is 2. The standard InChI is InChI=1S/C15H17N3O3/c1-11-8-10-18(17-11)13-6-4-12(5-7-13)15(21)16-9-2-3-14(19)20/h4-8,10H,2-3,9H2,1H3,(H,16,21)(H,19,20). The molecule has 0 atom stereocenters. The number of benzene rings is 1. The molecular weight excluding hydrogens is 270 g/mol. The summed E-state index contributed by atoms with van der Waals surface area (Å²) in [6, 6.07) is 8.98. The molecule has 0 aliphatic rings. The maximum atomic E-state index is 11.9. The molecule has 0 radical (unpaired) electrons. The van der Waals surface area contributed by atoms with E-state index in [0.29, 0.717) is 18.5 Å². The molecule has 1 aromatic heterocycles.